The van der Waals surface area contributed by atoms with Gasteiger partial charge in [0.05, 0.1) is 41.6 Å². The molecule has 1 atom stereocenters. The second-order valence-corrected chi connectivity index (χ2v) is 8.76. The Kier molecular flexibility index (Phi) is 8.81. The van der Waals surface area contributed by atoms with Crippen molar-refractivity contribution in [2.24, 2.45) is 0 Å². The van der Waals surface area contributed by atoms with Gasteiger partial charge < -0.3 is 33.3 Å². The first-order chi connectivity index (χ1) is 18.9. The molecule has 39 heavy (non-hydrogen) atoms. The van der Waals surface area contributed by atoms with Gasteiger partial charge in [0.25, 0.3) is 0 Å². The van der Waals surface area contributed by atoms with Crippen LogP contribution in [-0.2, 0) is 11.2 Å². The maximum atomic E-state index is 13.5. The predicted molar refractivity (Wildman–Crippen MR) is 145 cm³/mol. The summed E-state index contributed by atoms with van der Waals surface area (Å²) in [4.78, 5) is 15.3. The lowest BCUT2D eigenvalue weighted by Crippen LogP contribution is -2.41. The van der Waals surface area contributed by atoms with Gasteiger partial charge in [-0.15, -0.1) is 0 Å². The number of benzene rings is 3. The highest BCUT2D eigenvalue weighted by atomic mass is 19.1. The minimum absolute atomic E-state index is 0.165. The van der Waals surface area contributed by atoms with Crippen molar-refractivity contribution in [3.63, 3.8) is 0 Å². The molecule has 0 unspecified atom stereocenters. The summed E-state index contributed by atoms with van der Waals surface area (Å²) in [6.45, 7) is 0.635. The van der Waals surface area contributed by atoms with E-state index in [2.05, 4.69) is 0 Å². The fraction of sp³-hybridized carbons (Fsp3) is 0.300. The Morgan fingerprint density at radius 2 is 1.49 bits per heavy atom. The molecule has 206 valence electrons. The normalized spacial score (nSPS) is 14.5. The van der Waals surface area contributed by atoms with Crippen molar-refractivity contribution < 1.29 is 37.6 Å². The lowest BCUT2D eigenvalue weighted by atomic mass is 9.92. The summed E-state index contributed by atoms with van der Waals surface area (Å²) >= 11 is 0. The van der Waals surface area contributed by atoms with E-state index in [1.807, 2.05) is 12.1 Å². The fourth-order valence-corrected chi connectivity index (χ4v) is 4.64. The number of hydrogen-bond donors (Lipinski definition) is 0. The van der Waals surface area contributed by atoms with Crippen LogP contribution in [0.15, 0.2) is 54.6 Å². The SMILES string of the molecule is COc1cc2c(cc1OC)[C@H](COc1ccc(F)cc1)N(C(=O)/C=C/c1cc(OC)c(OC)c(OC)c1)CC2. The Labute approximate surface area is 227 Å². The van der Waals surface area contributed by atoms with E-state index < -0.39 is 6.04 Å². The van der Waals surface area contributed by atoms with Crippen molar-refractivity contribution >= 4 is 12.0 Å². The minimum atomic E-state index is -0.421. The van der Waals surface area contributed by atoms with E-state index in [0.717, 1.165) is 11.1 Å². The van der Waals surface area contributed by atoms with Gasteiger partial charge in [-0.05, 0) is 77.7 Å². The summed E-state index contributed by atoms with van der Waals surface area (Å²) in [6.07, 6.45) is 3.85. The molecule has 0 fully saturated rings. The Balaban J connectivity index is 1.65. The van der Waals surface area contributed by atoms with Crippen molar-refractivity contribution in [3.8, 4) is 34.5 Å². The Morgan fingerprint density at radius 1 is 0.872 bits per heavy atom. The van der Waals surface area contributed by atoms with Crippen LogP contribution in [0.1, 0.15) is 22.7 Å². The largest absolute Gasteiger partial charge is 0.493 e. The number of hydrogen-bond acceptors (Lipinski definition) is 7. The second-order valence-electron chi connectivity index (χ2n) is 8.76. The molecule has 0 saturated heterocycles. The van der Waals surface area contributed by atoms with Crippen LogP contribution in [0.5, 0.6) is 34.5 Å². The van der Waals surface area contributed by atoms with Gasteiger partial charge in [0.2, 0.25) is 11.7 Å². The average molecular weight is 538 g/mol. The van der Waals surface area contributed by atoms with E-state index >= 15 is 0 Å². The van der Waals surface area contributed by atoms with E-state index in [1.54, 1.807) is 49.5 Å². The summed E-state index contributed by atoms with van der Waals surface area (Å²) in [5.41, 5.74) is 2.65. The molecule has 1 amide bonds. The number of nitrogens with zero attached hydrogens (tertiary/aromatic N) is 1. The van der Waals surface area contributed by atoms with E-state index in [4.69, 9.17) is 28.4 Å². The Morgan fingerprint density at radius 3 is 2.08 bits per heavy atom. The first-order valence-electron chi connectivity index (χ1n) is 12.3. The number of carbonyl (C=O) groups is 1. The van der Waals surface area contributed by atoms with Crippen LogP contribution < -0.4 is 28.4 Å². The Bertz CT molecular complexity index is 1310. The van der Waals surface area contributed by atoms with E-state index in [9.17, 15) is 9.18 Å². The number of carbonyl (C=O) groups excluding carboxylic acids is 1. The van der Waals surface area contributed by atoms with Crippen LogP contribution in [0.25, 0.3) is 6.08 Å². The van der Waals surface area contributed by atoms with Gasteiger partial charge in [0.15, 0.2) is 23.0 Å². The molecule has 1 heterocycles. The zero-order valence-electron chi connectivity index (χ0n) is 22.7. The smallest absolute Gasteiger partial charge is 0.247 e. The molecule has 0 saturated carbocycles. The third-order valence-electron chi connectivity index (χ3n) is 6.61. The van der Waals surface area contributed by atoms with Crippen LogP contribution >= 0.6 is 0 Å². The van der Waals surface area contributed by atoms with Gasteiger partial charge in [-0.25, -0.2) is 4.39 Å². The van der Waals surface area contributed by atoms with E-state index in [-0.39, 0.29) is 18.3 Å². The Hall–Kier alpha value is -4.40. The van der Waals surface area contributed by atoms with Gasteiger partial charge in [0.1, 0.15) is 18.2 Å². The van der Waals surface area contributed by atoms with Crippen LogP contribution in [-0.4, -0.2) is 59.5 Å². The fourth-order valence-electron chi connectivity index (χ4n) is 4.64. The highest BCUT2D eigenvalue weighted by Gasteiger charge is 2.32. The third-order valence-corrected chi connectivity index (χ3v) is 6.61. The van der Waals surface area contributed by atoms with Gasteiger partial charge >= 0.3 is 0 Å². The second kappa shape index (κ2) is 12.4. The van der Waals surface area contributed by atoms with Crippen molar-refractivity contribution in [2.75, 3.05) is 48.7 Å². The van der Waals surface area contributed by atoms with Crippen LogP contribution in [0.2, 0.25) is 0 Å². The van der Waals surface area contributed by atoms with Gasteiger partial charge in [-0.3, -0.25) is 4.79 Å². The number of rotatable bonds is 10. The molecule has 0 aliphatic carbocycles. The maximum absolute atomic E-state index is 13.5. The lowest BCUT2D eigenvalue weighted by molar-refractivity contribution is -0.129. The van der Waals surface area contributed by atoms with Crippen molar-refractivity contribution in [1.29, 1.82) is 0 Å². The molecule has 9 heteroatoms. The highest BCUT2D eigenvalue weighted by molar-refractivity contribution is 5.92. The van der Waals surface area contributed by atoms with Gasteiger partial charge in [-0.1, -0.05) is 0 Å². The van der Waals surface area contributed by atoms with Crippen molar-refractivity contribution in [2.45, 2.75) is 12.5 Å². The number of amides is 1. The van der Waals surface area contributed by atoms with Crippen LogP contribution in [0, 0.1) is 5.82 Å². The molecule has 0 N–H and O–H groups in total. The summed E-state index contributed by atoms with van der Waals surface area (Å²) in [7, 11) is 7.77. The molecule has 3 aromatic rings. The summed E-state index contributed by atoms with van der Waals surface area (Å²) in [6, 6.07) is 12.7. The van der Waals surface area contributed by atoms with E-state index in [0.29, 0.717) is 53.0 Å². The highest BCUT2D eigenvalue weighted by Crippen LogP contribution is 2.40. The van der Waals surface area contributed by atoms with Crippen molar-refractivity contribution in [3.05, 3.63) is 77.1 Å². The lowest BCUT2D eigenvalue weighted by Gasteiger charge is -2.37. The number of methoxy groups -OCH3 is 5. The molecular formula is C30H32FNO7. The summed E-state index contributed by atoms with van der Waals surface area (Å²) < 4.78 is 46.7. The van der Waals surface area contributed by atoms with Crippen LogP contribution in [0.4, 0.5) is 4.39 Å². The minimum Gasteiger partial charge on any atom is -0.493 e. The summed E-state index contributed by atoms with van der Waals surface area (Å²) in [5.74, 6) is 2.59. The molecule has 0 radical (unpaired) electrons. The monoisotopic (exact) mass is 537 g/mol. The molecule has 1 aliphatic heterocycles. The zero-order valence-corrected chi connectivity index (χ0v) is 22.7. The van der Waals surface area contributed by atoms with Gasteiger partial charge in [0, 0.05) is 12.6 Å². The first kappa shape index (κ1) is 27.6. The maximum Gasteiger partial charge on any atom is 0.247 e. The predicted octanol–water partition coefficient (Wildman–Crippen LogP) is 5.09. The van der Waals surface area contributed by atoms with Crippen molar-refractivity contribution in [1.82, 2.24) is 4.90 Å². The standard InChI is InChI=1S/C30H32FNO7/c1-34-25-16-20-12-13-32(29(33)11-6-19-14-27(36-3)30(38-5)28(15-19)37-4)24(23(20)17-26(25)35-2)18-39-22-9-7-21(31)8-10-22/h6-11,14-17,24H,12-13,18H2,1-5H3/b11-6+/t24-/m0/s1. The quantitative estimate of drug-likeness (QED) is 0.334. The van der Waals surface area contributed by atoms with E-state index in [1.165, 1.54) is 39.5 Å². The molecule has 1 aliphatic rings. The molecular weight excluding hydrogens is 505 g/mol. The molecule has 0 bridgehead atoms. The molecule has 0 aromatic heterocycles. The first-order valence-corrected chi connectivity index (χ1v) is 12.3. The third kappa shape index (κ3) is 6.03. The summed E-state index contributed by atoms with van der Waals surface area (Å²) in [5, 5.41) is 0. The number of halogens is 1. The average Bonchev–Trinajstić information content (AvgIpc) is 2.97. The molecule has 0 spiro atoms. The topological polar surface area (TPSA) is 75.7 Å². The molecule has 3 aromatic carbocycles. The van der Waals surface area contributed by atoms with Gasteiger partial charge in [-0.2, -0.15) is 0 Å². The molecule has 8 nitrogen and oxygen atoms in total. The zero-order chi connectivity index (χ0) is 27.9. The number of ether oxygens (including phenoxy) is 6. The molecule has 4 rings (SSSR count). The number of fused-ring (bicyclic) bond motifs is 1. The van der Waals surface area contributed by atoms with Crippen LogP contribution in [0.3, 0.4) is 0 Å².